The van der Waals surface area contributed by atoms with Gasteiger partial charge in [-0.05, 0) is 49.7 Å². The Morgan fingerprint density at radius 3 is 2.38 bits per heavy atom. The molecule has 0 saturated heterocycles. The predicted octanol–water partition coefficient (Wildman–Crippen LogP) is 4.45. The third-order valence-electron chi connectivity index (χ3n) is 5.58. The van der Waals surface area contributed by atoms with Gasteiger partial charge >= 0.3 is 6.03 Å². The smallest absolute Gasteiger partial charge is 0.320 e. The number of amides is 2. The van der Waals surface area contributed by atoms with E-state index in [1.54, 1.807) is 54.6 Å². The molecule has 0 aliphatic heterocycles. The van der Waals surface area contributed by atoms with Crippen LogP contribution in [0.2, 0.25) is 0 Å². The van der Waals surface area contributed by atoms with Crippen molar-refractivity contribution in [2.24, 2.45) is 0 Å². The lowest BCUT2D eigenvalue weighted by atomic mass is 9.83. The fourth-order valence-electron chi connectivity index (χ4n) is 3.99. The number of aromatic nitrogens is 2. The number of urea groups is 1. The van der Waals surface area contributed by atoms with Gasteiger partial charge in [0.05, 0.1) is 5.52 Å². The maximum atomic E-state index is 12.9. The van der Waals surface area contributed by atoms with E-state index in [1.165, 1.54) is 0 Å². The summed E-state index contributed by atoms with van der Waals surface area (Å²) in [4.78, 5) is 37.8. The Morgan fingerprint density at radius 1 is 0.941 bits per heavy atom. The number of ether oxygens (including phenoxy) is 1. The van der Waals surface area contributed by atoms with Crippen molar-refractivity contribution >= 4 is 34.3 Å². The molecule has 1 aliphatic rings. The average molecular weight is 454 g/mol. The quantitative estimate of drug-likeness (QED) is 0.363. The molecule has 0 bridgehead atoms. The zero-order chi connectivity index (χ0) is 23.8. The van der Waals surface area contributed by atoms with Crippen LogP contribution < -0.4 is 15.4 Å². The summed E-state index contributed by atoms with van der Waals surface area (Å²) in [6.45, 7) is 3.95. The van der Waals surface area contributed by atoms with E-state index in [-0.39, 0.29) is 30.2 Å². The minimum Gasteiger partial charge on any atom is -0.489 e. The topological polar surface area (TPSA) is 113 Å². The van der Waals surface area contributed by atoms with Crippen molar-refractivity contribution in [1.82, 2.24) is 15.5 Å². The van der Waals surface area contributed by atoms with E-state index in [0.717, 1.165) is 11.1 Å². The summed E-state index contributed by atoms with van der Waals surface area (Å²) in [7, 11) is 0. The molecular weight excluding hydrogens is 432 g/mol. The monoisotopic (exact) mass is 454 g/mol. The normalized spacial score (nSPS) is 12.4. The minimum atomic E-state index is -0.343. The second-order valence-electron chi connectivity index (χ2n) is 8.41. The van der Waals surface area contributed by atoms with E-state index in [4.69, 9.17) is 4.74 Å². The summed E-state index contributed by atoms with van der Waals surface area (Å²) in [6.07, 6.45) is 0. The van der Waals surface area contributed by atoms with Crippen molar-refractivity contribution < 1.29 is 19.1 Å². The second-order valence-corrected chi connectivity index (χ2v) is 8.41. The lowest BCUT2D eigenvalue weighted by Crippen LogP contribution is -2.34. The van der Waals surface area contributed by atoms with Gasteiger partial charge in [0, 0.05) is 33.7 Å². The van der Waals surface area contributed by atoms with Crippen molar-refractivity contribution in [3.63, 3.8) is 0 Å². The van der Waals surface area contributed by atoms with Gasteiger partial charge in [0.15, 0.2) is 17.4 Å². The van der Waals surface area contributed by atoms with E-state index in [9.17, 15) is 14.4 Å². The Morgan fingerprint density at radius 2 is 1.65 bits per heavy atom. The standard InChI is InChI=1S/C26H22N4O4/c1-14(2)27-26(33)28-25-21-12-16(8-10-22(21)29-30-25)34-13-15-7-9-19-20(11-15)24(32)18-6-4-3-5-17(18)23(19)31/h3-12,14H,13H2,1-2H3,(H3,27,28,29,30,33). The Balaban J connectivity index is 1.35. The number of carbonyl (C=O) groups excluding carboxylic acids is 3. The number of carbonyl (C=O) groups is 3. The summed E-state index contributed by atoms with van der Waals surface area (Å²) < 4.78 is 5.95. The SMILES string of the molecule is CC(C)NC(=O)Nc1n[nH]c2ccc(OCc3ccc4c(c3)C(=O)c3ccccc3C4=O)cc12. The first-order valence-electron chi connectivity index (χ1n) is 10.9. The zero-order valence-corrected chi connectivity index (χ0v) is 18.6. The van der Waals surface area contributed by atoms with Gasteiger partial charge in [-0.25, -0.2) is 4.79 Å². The van der Waals surface area contributed by atoms with E-state index in [0.29, 0.717) is 39.2 Å². The second kappa shape index (κ2) is 8.47. The number of hydrogen-bond donors (Lipinski definition) is 3. The van der Waals surface area contributed by atoms with Gasteiger partial charge in [-0.15, -0.1) is 0 Å². The maximum Gasteiger partial charge on any atom is 0.320 e. The van der Waals surface area contributed by atoms with Gasteiger partial charge < -0.3 is 10.1 Å². The molecule has 170 valence electrons. The highest BCUT2D eigenvalue weighted by atomic mass is 16.5. The van der Waals surface area contributed by atoms with Crippen molar-refractivity contribution in [3.05, 3.63) is 88.5 Å². The van der Waals surface area contributed by atoms with Crippen LogP contribution in [-0.2, 0) is 6.61 Å². The summed E-state index contributed by atoms with van der Waals surface area (Å²) in [5.41, 5.74) is 3.17. The molecule has 8 nitrogen and oxygen atoms in total. The van der Waals surface area contributed by atoms with E-state index >= 15 is 0 Å². The molecule has 0 spiro atoms. The van der Waals surface area contributed by atoms with Crippen LogP contribution in [-0.4, -0.2) is 33.8 Å². The number of H-pyrrole nitrogens is 1. The summed E-state index contributed by atoms with van der Waals surface area (Å²) in [5.74, 6) is 0.661. The van der Waals surface area contributed by atoms with Gasteiger partial charge in [0.2, 0.25) is 0 Å². The molecule has 1 heterocycles. The first kappa shape index (κ1) is 21.4. The molecule has 8 heteroatoms. The summed E-state index contributed by atoms with van der Waals surface area (Å²) >= 11 is 0. The fourth-order valence-corrected chi connectivity index (χ4v) is 3.99. The highest BCUT2D eigenvalue weighted by Gasteiger charge is 2.29. The molecule has 0 atom stereocenters. The number of rotatable bonds is 5. The van der Waals surface area contributed by atoms with Crippen molar-refractivity contribution in [2.75, 3.05) is 5.32 Å². The molecule has 0 unspecified atom stereocenters. The molecule has 0 fully saturated rings. The van der Waals surface area contributed by atoms with E-state index < -0.39 is 0 Å². The predicted molar refractivity (Wildman–Crippen MR) is 127 cm³/mol. The molecule has 2 amide bonds. The Bertz CT molecular complexity index is 1450. The third kappa shape index (κ3) is 3.90. The highest BCUT2D eigenvalue weighted by Crippen LogP contribution is 2.29. The van der Waals surface area contributed by atoms with Crippen LogP contribution in [0.4, 0.5) is 10.6 Å². The molecule has 0 saturated carbocycles. The van der Waals surface area contributed by atoms with E-state index in [2.05, 4.69) is 20.8 Å². The van der Waals surface area contributed by atoms with Crippen LogP contribution in [0.15, 0.2) is 60.7 Å². The number of hydrogen-bond acceptors (Lipinski definition) is 5. The minimum absolute atomic E-state index is 0.00336. The molecular formula is C26H22N4O4. The molecule has 1 aromatic heterocycles. The van der Waals surface area contributed by atoms with Crippen molar-refractivity contribution in [2.45, 2.75) is 26.5 Å². The van der Waals surface area contributed by atoms with Crippen molar-refractivity contribution in [1.29, 1.82) is 0 Å². The molecule has 34 heavy (non-hydrogen) atoms. The van der Waals surface area contributed by atoms with Gasteiger partial charge in [0.1, 0.15) is 12.4 Å². The largest absolute Gasteiger partial charge is 0.489 e. The molecule has 1 aliphatic carbocycles. The molecule has 5 rings (SSSR count). The lowest BCUT2D eigenvalue weighted by molar-refractivity contribution is 0.0979. The van der Waals surface area contributed by atoms with Gasteiger partial charge in [0.25, 0.3) is 0 Å². The van der Waals surface area contributed by atoms with Gasteiger partial charge in [-0.1, -0.05) is 30.3 Å². The first-order chi connectivity index (χ1) is 16.4. The Labute approximate surface area is 195 Å². The van der Waals surface area contributed by atoms with Crippen molar-refractivity contribution in [3.8, 4) is 5.75 Å². The third-order valence-corrected chi connectivity index (χ3v) is 5.58. The number of nitrogens with zero attached hydrogens (tertiary/aromatic N) is 1. The van der Waals surface area contributed by atoms with Crippen LogP contribution in [0.1, 0.15) is 51.3 Å². The van der Waals surface area contributed by atoms with Crippen LogP contribution in [0.25, 0.3) is 10.9 Å². The Hall–Kier alpha value is -4.46. The number of ketones is 2. The molecule has 3 N–H and O–H groups in total. The van der Waals surface area contributed by atoms with E-state index in [1.807, 2.05) is 19.9 Å². The van der Waals surface area contributed by atoms with Crippen LogP contribution in [0.5, 0.6) is 5.75 Å². The lowest BCUT2D eigenvalue weighted by Gasteiger charge is -2.18. The van der Waals surface area contributed by atoms with Crippen LogP contribution >= 0.6 is 0 Å². The summed E-state index contributed by atoms with van der Waals surface area (Å²) in [5, 5.41) is 13.2. The Kier molecular flexibility index (Phi) is 5.33. The molecule has 3 aromatic carbocycles. The number of fused-ring (bicyclic) bond motifs is 3. The van der Waals surface area contributed by atoms with Gasteiger partial charge in [-0.2, -0.15) is 5.10 Å². The first-order valence-corrected chi connectivity index (χ1v) is 10.9. The number of aromatic amines is 1. The van der Waals surface area contributed by atoms with Crippen LogP contribution in [0.3, 0.4) is 0 Å². The molecule has 4 aromatic rings. The van der Waals surface area contributed by atoms with Gasteiger partial charge in [-0.3, -0.25) is 20.0 Å². The molecule has 0 radical (unpaired) electrons. The zero-order valence-electron chi connectivity index (χ0n) is 18.6. The number of anilines is 1. The highest BCUT2D eigenvalue weighted by molar-refractivity contribution is 6.28. The number of nitrogens with one attached hydrogen (secondary N) is 3. The average Bonchev–Trinajstić information content (AvgIpc) is 3.22. The maximum absolute atomic E-state index is 12.9. The number of benzene rings is 3. The fraction of sp³-hybridized carbons (Fsp3) is 0.154. The van der Waals surface area contributed by atoms with Crippen LogP contribution in [0, 0.1) is 0 Å². The summed E-state index contributed by atoms with van der Waals surface area (Å²) in [6, 6.07) is 17.1.